The van der Waals surface area contributed by atoms with Crippen LogP contribution in [0.15, 0.2) is 17.9 Å². The summed E-state index contributed by atoms with van der Waals surface area (Å²) in [6.07, 6.45) is 4.08. The fourth-order valence-electron chi connectivity index (χ4n) is 0.246. The largest absolute Gasteiger partial charge is 0.246 e. The predicted octanol–water partition coefficient (Wildman–Crippen LogP) is 2.08. The highest BCUT2D eigenvalue weighted by Crippen LogP contribution is 1.74. The summed E-state index contributed by atoms with van der Waals surface area (Å²) in [5.74, 6) is 0. The van der Waals surface area contributed by atoms with Crippen molar-refractivity contribution in [1.29, 1.82) is 0 Å². The number of hydrogen-bond acceptors (Lipinski definition) is 0. The minimum atomic E-state index is -0.406. The molecule has 1 heteroatoms. The van der Waals surface area contributed by atoms with Crippen molar-refractivity contribution >= 4 is 0 Å². The van der Waals surface area contributed by atoms with Crippen LogP contribution >= 0.6 is 0 Å². The van der Waals surface area contributed by atoms with Crippen molar-refractivity contribution in [3.05, 3.63) is 17.9 Å². The zero-order valence-electron chi connectivity index (χ0n) is 4.45. The summed E-state index contributed by atoms with van der Waals surface area (Å²) in [7, 11) is 0. The number of allylic oxidation sites excluding steroid dienone is 1. The summed E-state index contributed by atoms with van der Waals surface area (Å²) >= 11 is 0. The quantitative estimate of drug-likeness (QED) is 0.466. The van der Waals surface area contributed by atoms with E-state index in [4.69, 9.17) is 0 Å². The Morgan fingerprint density at radius 3 is 2.71 bits per heavy atom. The van der Waals surface area contributed by atoms with Crippen LogP contribution in [0.3, 0.4) is 0 Å². The second-order valence-electron chi connectivity index (χ2n) is 1.14. The van der Waals surface area contributed by atoms with Crippen molar-refractivity contribution in [2.75, 3.05) is 6.67 Å². The highest BCUT2D eigenvalue weighted by molar-refractivity contribution is 4.82. The molecule has 0 saturated carbocycles. The Bertz CT molecular complexity index is 70.2. The molecule has 0 N–H and O–H groups in total. The average molecular weight is 100 g/mol. The van der Waals surface area contributed by atoms with Gasteiger partial charge in [-0.3, -0.25) is 0 Å². The normalized spacial score (nSPS) is 7.14. The van der Waals surface area contributed by atoms with E-state index in [1.165, 1.54) is 6.08 Å². The smallest absolute Gasteiger partial charge is 0.115 e. The lowest BCUT2D eigenvalue weighted by Crippen LogP contribution is -1.54. The van der Waals surface area contributed by atoms with Gasteiger partial charge in [0.1, 0.15) is 6.67 Å². The topological polar surface area (TPSA) is 0 Å². The van der Waals surface area contributed by atoms with E-state index in [2.05, 4.69) is 5.73 Å². The predicted molar refractivity (Wildman–Crippen MR) is 28.9 cm³/mol. The molecule has 7 heavy (non-hydrogen) atoms. The fourth-order valence-corrected chi connectivity index (χ4v) is 0.246. The van der Waals surface area contributed by atoms with Gasteiger partial charge in [0, 0.05) is 0 Å². The minimum absolute atomic E-state index is 0.406. The van der Waals surface area contributed by atoms with Gasteiger partial charge in [-0.25, -0.2) is 4.39 Å². The molecule has 0 saturated heterocycles. The van der Waals surface area contributed by atoms with Crippen molar-refractivity contribution in [2.24, 2.45) is 0 Å². The third-order valence-electron chi connectivity index (χ3n) is 0.517. The van der Waals surface area contributed by atoms with E-state index in [-0.39, 0.29) is 0 Å². The summed E-state index contributed by atoms with van der Waals surface area (Å²) in [5, 5.41) is 0. The first-order chi connectivity index (χ1) is 3.41. The Morgan fingerprint density at radius 1 is 1.57 bits per heavy atom. The zero-order valence-corrected chi connectivity index (χ0v) is 4.45. The molecule has 0 spiro atoms. The summed E-state index contributed by atoms with van der Waals surface area (Å²) in [5.41, 5.74) is 2.66. The third kappa shape index (κ3) is 5.45. The van der Waals surface area contributed by atoms with Gasteiger partial charge in [-0.05, 0) is 18.6 Å². The average Bonchev–Trinajstić information content (AvgIpc) is 1.69. The first kappa shape index (κ1) is 6.45. The van der Waals surface area contributed by atoms with Gasteiger partial charge in [-0.1, -0.05) is 6.92 Å². The second-order valence-corrected chi connectivity index (χ2v) is 1.14. The van der Waals surface area contributed by atoms with Crippen LogP contribution in [0.4, 0.5) is 4.39 Å². The Hall–Kier alpha value is -0.550. The van der Waals surface area contributed by atoms with Crippen LogP contribution in [-0.2, 0) is 0 Å². The van der Waals surface area contributed by atoms with Gasteiger partial charge in [-0.2, -0.15) is 0 Å². The zero-order chi connectivity index (χ0) is 5.54. The summed E-state index contributed by atoms with van der Waals surface area (Å²) < 4.78 is 11.2. The molecular weight excluding hydrogens is 91.1 g/mol. The van der Waals surface area contributed by atoms with Crippen LogP contribution < -0.4 is 0 Å². The van der Waals surface area contributed by atoms with Crippen molar-refractivity contribution in [3.63, 3.8) is 0 Å². The van der Waals surface area contributed by atoms with E-state index in [1.54, 1.807) is 6.08 Å². The highest BCUT2D eigenvalue weighted by atomic mass is 19.1. The van der Waals surface area contributed by atoms with E-state index in [0.717, 1.165) is 6.42 Å². The van der Waals surface area contributed by atoms with Crippen molar-refractivity contribution < 1.29 is 4.39 Å². The molecule has 0 fully saturated rings. The molecule has 0 aliphatic carbocycles. The van der Waals surface area contributed by atoms with E-state index < -0.39 is 6.67 Å². The lowest BCUT2D eigenvalue weighted by Gasteiger charge is -1.66. The molecule has 0 aliphatic heterocycles. The maximum atomic E-state index is 11.2. The van der Waals surface area contributed by atoms with E-state index in [1.807, 2.05) is 6.92 Å². The molecule has 0 aliphatic rings. The van der Waals surface area contributed by atoms with Crippen LogP contribution in [-0.4, -0.2) is 6.67 Å². The Labute approximate surface area is 43.4 Å². The van der Waals surface area contributed by atoms with E-state index in [0.29, 0.717) is 0 Å². The highest BCUT2D eigenvalue weighted by Gasteiger charge is 1.59. The van der Waals surface area contributed by atoms with E-state index >= 15 is 0 Å². The van der Waals surface area contributed by atoms with E-state index in [9.17, 15) is 4.39 Å². The Morgan fingerprint density at radius 2 is 2.29 bits per heavy atom. The number of hydrogen-bond donors (Lipinski definition) is 0. The molecule has 0 nitrogen and oxygen atoms in total. The molecule has 0 unspecified atom stereocenters. The van der Waals surface area contributed by atoms with Gasteiger partial charge in [0.05, 0.1) is 0 Å². The molecule has 0 bridgehead atoms. The molecule has 0 amide bonds. The summed E-state index contributed by atoms with van der Waals surface area (Å²) in [4.78, 5) is 0. The first-order valence-corrected chi connectivity index (χ1v) is 2.37. The molecule has 0 rings (SSSR count). The summed E-state index contributed by atoms with van der Waals surface area (Å²) in [6, 6.07) is 0. The molecular formula is C6H9F. The molecule has 0 radical (unpaired) electrons. The number of halogens is 1. The third-order valence-corrected chi connectivity index (χ3v) is 0.517. The van der Waals surface area contributed by atoms with Gasteiger partial charge < -0.3 is 0 Å². The van der Waals surface area contributed by atoms with Crippen molar-refractivity contribution in [3.8, 4) is 0 Å². The lowest BCUT2D eigenvalue weighted by atomic mass is 10.4. The SMILES string of the molecule is CCC=C=CCF. The molecule has 0 aromatic carbocycles. The van der Waals surface area contributed by atoms with Gasteiger partial charge in [0.2, 0.25) is 0 Å². The first-order valence-electron chi connectivity index (χ1n) is 2.37. The standard InChI is InChI=1S/C6H9F/c1-2-3-4-5-6-7/h3,5H,2,6H2,1H3. The van der Waals surface area contributed by atoms with Crippen LogP contribution in [0.1, 0.15) is 13.3 Å². The molecule has 0 heterocycles. The summed E-state index contributed by atoms with van der Waals surface area (Å²) in [6.45, 7) is 1.58. The van der Waals surface area contributed by atoms with Crippen molar-refractivity contribution in [1.82, 2.24) is 0 Å². The Balaban J connectivity index is 3.21. The molecule has 0 atom stereocenters. The molecule has 40 valence electrons. The van der Waals surface area contributed by atoms with Gasteiger partial charge in [-0.15, -0.1) is 5.73 Å². The minimum Gasteiger partial charge on any atom is -0.246 e. The van der Waals surface area contributed by atoms with Gasteiger partial charge in [0.15, 0.2) is 0 Å². The molecule has 0 aromatic heterocycles. The molecule has 0 aromatic rings. The fraction of sp³-hybridized carbons (Fsp3) is 0.500. The monoisotopic (exact) mass is 100 g/mol. The van der Waals surface area contributed by atoms with Gasteiger partial charge >= 0.3 is 0 Å². The lowest BCUT2D eigenvalue weighted by molar-refractivity contribution is 0.562. The van der Waals surface area contributed by atoms with Gasteiger partial charge in [0.25, 0.3) is 0 Å². The maximum absolute atomic E-state index is 11.2. The Kier molecular flexibility index (Phi) is 5.02. The van der Waals surface area contributed by atoms with Crippen LogP contribution in [0, 0.1) is 0 Å². The van der Waals surface area contributed by atoms with Crippen LogP contribution in [0.5, 0.6) is 0 Å². The maximum Gasteiger partial charge on any atom is 0.115 e. The van der Waals surface area contributed by atoms with Crippen LogP contribution in [0.25, 0.3) is 0 Å². The number of alkyl halides is 1. The van der Waals surface area contributed by atoms with Crippen molar-refractivity contribution in [2.45, 2.75) is 13.3 Å². The second kappa shape index (κ2) is 5.45. The number of rotatable bonds is 2. The van der Waals surface area contributed by atoms with Crippen LogP contribution in [0.2, 0.25) is 0 Å².